The maximum atomic E-state index is 13.5. The van der Waals surface area contributed by atoms with Gasteiger partial charge in [-0.05, 0) is 42.0 Å². The molecule has 154 valence electrons. The van der Waals surface area contributed by atoms with Crippen molar-refractivity contribution in [3.05, 3.63) is 65.1 Å². The summed E-state index contributed by atoms with van der Waals surface area (Å²) in [5.74, 6) is 1.58. The SMILES string of the molecule is CNc1nc2cnc(-c3ccc(F)c(Cl)c3)cc2n1Cc1ccc(OC)c(OC)c1. The third kappa shape index (κ3) is 3.64. The number of nitrogens with zero attached hydrogens (tertiary/aromatic N) is 3. The highest BCUT2D eigenvalue weighted by atomic mass is 35.5. The van der Waals surface area contributed by atoms with Gasteiger partial charge in [-0.3, -0.25) is 4.98 Å². The highest BCUT2D eigenvalue weighted by Gasteiger charge is 2.14. The molecule has 0 unspecified atom stereocenters. The predicted molar refractivity (Wildman–Crippen MR) is 116 cm³/mol. The van der Waals surface area contributed by atoms with Crippen LogP contribution in [0.25, 0.3) is 22.3 Å². The fourth-order valence-corrected chi connectivity index (χ4v) is 3.53. The lowest BCUT2D eigenvalue weighted by molar-refractivity contribution is 0.354. The van der Waals surface area contributed by atoms with Gasteiger partial charge >= 0.3 is 0 Å². The lowest BCUT2D eigenvalue weighted by Gasteiger charge is -2.12. The van der Waals surface area contributed by atoms with Gasteiger partial charge in [-0.25, -0.2) is 9.37 Å². The van der Waals surface area contributed by atoms with E-state index in [0.717, 1.165) is 22.2 Å². The Morgan fingerprint density at radius 2 is 1.87 bits per heavy atom. The van der Waals surface area contributed by atoms with Crippen molar-refractivity contribution in [3.8, 4) is 22.8 Å². The number of halogens is 2. The van der Waals surface area contributed by atoms with Gasteiger partial charge in [-0.2, -0.15) is 0 Å². The van der Waals surface area contributed by atoms with Crippen LogP contribution in [0.15, 0.2) is 48.7 Å². The van der Waals surface area contributed by atoms with Crippen LogP contribution in [0.4, 0.5) is 10.3 Å². The molecule has 6 nitrogen and oxygen atoms in total. The smallest absolute Gasteiger partial charge is 0.203 e. The summed E-state index contributed by atoms with van der Waals surface area (Å²) in [6.45, 7) is 0.556. The van der Waals surface area contributed by atoms with Gasteiger partial charge in [0.2, 0.25) is 5.95 Å². The summed E-state index contributed by atoms with van der Waals surface area (Å²) in [4.78, 5) is 9.09. The largest absolute Gasteiger partial charge is 0.493 e. The van der Waals surface area contributed by atoms with Gasteiger partial charge < -0.3 is 19.4 Å². The molecule has 0 aliphatic carbocycles. The Kier molecular flexibility index (Phi) is 5.46. The quantitative estimate of drug-likeness (QED) is 0.470. The molecule has 0 saturated carbocycles. The third-order valence-corrected chi connectivity index (χ3v) is 5.15. The van der Waals surface area contributed by atoms with Gasteiger partial charge in [0.25, 0.3) is 0 Å². The average molecular weight is 427 g/mol. The van der Waals surface area contributed by atoms with Crippen molar-refractivity contribution in [2.75, 3.05) is 26.6 Å². The Morgan fingerprint density at radius 1 is 1.07 bits per heavy atom. The average Bonchev–Trinajstić information content (AvgIpc) is 3.12. The summed E-state index contributed by atoms with van der Waals surface area (Å²) in [6.07, 6.45) is 1.70. The summed E-state index contributed by atoms with van der Waals surface area (Å²) < 4.78 is 26.3. The molecule has 0 aliphatic heterocycles. The van der Waals surface area contributed by atoms with Crippen molar-refractivity contribution in [1.82, 2.24) is 14.5 Å². The van der Waals surface area contributed by atoms with Crippen LogP contribution in [-0.2, 0) is 6.54 Å². The van der Waals surface area contributed by atoms with E-state index in [4.69, 9.17) is 21.1 Å². The molecule has 0 amide bonds. The Labute approximate surface area is 178 Å². The third-order valence-electron chi connectivity index (χ3n) is 4.86. The first-order chi connectivity index (χ1) is 14.5. The fraction of sp³-hybridized carbons (Fsp3) is 0.182. The van der Waals surface area contributed by atoms with E-state index in [1.165, 1.54) is 6.07 Å². The lowest BCUT2D eigenvalue weighted by Crippen LogP contribution is -2.05. The van der Waals surface area contributed by atoms with Gasteiger partial charge in [0.1, 0.15) is 11.3 Å². The Bertz CT molecular complexity index is 1230. The summed E-state index contributed by atoms with van der Waals surface area (Å²) in [7, 11) is 5.04. The Hall–Kier alpha value is -3.32. The second kappa shape index (κ2) is 8.20. The maximum absolute atomic E-state index is 13.5. The zero-order valence-electron chi connectivity index (χ0n) is 16.7. The van der Waals surface area contributed by atoms with E-state index in [1.54, 1.807) is 32.5 Å². The minimum atomic E-state index is -0.461. The number of aromatic nitrogens is 3. The van der Waals surface area contributed by atoms with Crippen molar-refractivity contribution < 1.29 is 13.9 Å². The molecule has 2 aromatic heterocycles. The number of nitrogens with one attached hydrogen (secondary N) is 1. The van der Waals surface area contributed by atoms with E-state index in [1.807, 2.05) is 35.9 Å². The highest BCUT2D eigenvalue weighted by Crippen LogP contribution is 2.31. The van der Waals surface area contributed by atoms with Gasteiger partial charge in [0.15, 0.2) is 11.5 Å². The predicted octanol–water partition coefficient (Wildman–Crippen LogP) is 5.00. The van der Waals surface area contributed by atoms with Crippen LogP contribution in [0, 0.1) is 5.82 Å². The second-order valence-electron chi connectivity index (χ2n) is 6.65. The zero-order valence-corrected chi connectivity index (χ0v) is 17.5. The van der Waals surface area contributed by atoms with Crippen LogP contribution < -0.4 is 14.8 Å². The van der Waals surface area contributed by atoms with Crippen LogP contribution in [0.2, 0.25) is 5.02 Å². The number of pyridine rings is 1. The number of fused-ring (bicyclic) bond motifs is 1. The minimum Gasteiger partial charge on any atom is -0.493 e. The van der Waals surface area contributed by atoms with Crippen molar-refractivity contribution in [3.63, 3.8) is 0 Å². The van der Waals surface area contributed by atoms with Crippen LogP contribution in [-0.4, -0.2) is 35.8 Å². The molecule has 0 aliphatic rings. The lowest BCUT2D eigenvalue weighted by atomic mass is 10.1. The van der Waals surface area contributed by atoms with Crippen LogP contribution in [0.5, 0.6) is 11.5 Å². The monoisotopic (exact) mass is 426 g/mol. The molecule has 4 rings (SSSR count). The molecule has 0 saturated heterocycles. The van der Waals surface area contributed by atoms with Crippen molar-refractivity contribution in [2.45, 2.75) is 6.54 Å². The normalized spacial score (nSPS) is 11.0. The first-order valence-corrected chi connectivity index (χ1v) is 9.62. The highest BCUT2D eigenvalue weighted by molar-refractivity contribution is 6.31. The number of hydrogen-bond acceptors (Lipinski definition) is 5. The molecule has 0 atom stereocenters. The summed E-state index contributed by atoms with van der Waals surface area (Å²) in [6, 6.07) is 12.3. The standard InChI is InChI=1S/C22H20ClFN4O2/c1-25-22-27-18-11-26-17(14-5-6-16(24)15(23)9-14)10-19(18)28(22)12-13-4-7-20(29-2)21(8-13)30-3/h4-11H,12H2,1-3H3,(H,25,27). The van der Waals surface area contributed by atoms with E-state index in [9.17, 15) is 4.39 Å². The zero-order chi connectivity index (χ0) is 21.3. The van der Waals surface area contributed by atoms with E-state index >= 15 is 0 Å². The molecule has 30 heavy (non-hydrogen) atoms. The number of imidazole rings is 1. The first-order valence-electron chi connectivity index (χ1n) is 9.24. The van der Waals surface area contributed by atoms with Crippen molar-refractivity contribution in [1.29, 1.82) is 0 Å². The molecule has 0 bridgehead atoms. The number of hydrogen-bond donors (Lipinski definition) is 1. The number of anilines is 1. The number of benzene rings is 2. The van der Waals surface area contributed by atoms with E-state index in [-0.39, 0.29) is 5.02 Å². The molecule has 2 heterocycles. The van der Waals surface area contributed by atoms with Crippen molar-refractivity contribution in [2.24, 2.45) is 0 Å². The van der Waals surface area contributed by atoms with Gasteiger partial charge in [-0.15, -0.1) is 0 Å². The minimum absolute atomic E-state index is 0.0594. The second-order valence-corrected chi connectivity index (χ2v) is 7.06. The summed E-state index contributed by atoms with van der Waals surface area (Å²) in [5, 5.41) is 3.19. The van der Waals surface area contributed by atoms with Gasteiger partial charge in [0.05, 0.1) is 43.2 Å². The molecule has 2 aromatic carbocycles. The molecule has 4 aromatic rings. The molecule has 0 radical (unpaired) electrons. The molecule has 0 spiro atoms. The van der Waals surface area contributed by atoms with Gasteiger partial charge in [0, 0.05) is 12.6 Å². The molecule has 8 heteroatoms. The molecule has 0 fully saturated rings. The van der Waals surface area contributed by atoms with Crippen LogP contribution in [0.1, 0.15) is 5.56 Å². The van der Waals surface area contributed by atoms with E-state index in [2.05, 4.69) is 15.3 Å². The van der Waals surface area contributed by atoms with E-state index in [0.29, 0.717) is 29.7 Å². The van der Waals surface area contributed by atoms with Crippen LogP contribution >= 0.6 is 11.6 Å². The topological polar surface area (TPSA) is 61.2 Å². The molecular formula is C22H20ClFN4O2. The summed E-state index contributed by atoms with van der Waals surface area (Å²) >= 11 is 5.95. The molecule has 1 N–H and O–H groups in total. The summed E-state index contributed by atoms with van der Waals surface area (Å²) in [5.41, 5.74) is 4.07. The van der Waals surface area contributed by atoms with Crippen LogP contribution in [0.3, 0.4) is 0 Å². The first kappa shape index (κ1) is 20.0. The van der Waals surface area contributed by atoms with Crippen molar-refractivity contribution >= 4 is 28.6 Å². The number of methoxy groups -OCH3 is 2. The number of rotatable bonds is 6. The van der Waals surface area contributed by atoms with E-state index < -0.39 is 5.82 Å². The fourth-order valence-electron chi connectivity index (χ4n) is 3.35. The Balaban J connectivity index is 1.79. The Morgan fingerprint density at radius 3 is 2.57 bits per heavy atom. The molecular weight excluding hydrogens is 407 g/mol. The van der Waals surface area contributed by atoms with Gasteiger partial charge in [-0.1, -0.05) is 17.7 Å². The maximum Gasteiger partial charge on any atom is 0.203 e. The number of ether oxygens (including phenoxy) is 2.